The van der Waals surface area contributed by atoms with E-state index in [1.54, 1.807) is 30.7 Å². The molecule has 0 unspecified atom stereocenters. The Kier molecular flexibility index (Phi) is 4.44. The molecular weight excluding hydrogens is 358 g/mol. The van der Waals surface area contributed by atoms with E-state index in [0.717, 1.165) is 11.1 Å². The molecule has 0 aliphatic heterocycles. The number of nitrogens with zero attached hydrogens (tertiary/aromatic N) is 5. The molecule has 0 radical (unpaired) electrons. The summed E-state index contributed by atoms with van der Waals surface area (Å²) >= 11 is 0. The molecule has 8 nitrogen and oxygen atoms in total. The molecular formula is C20H17N5O3. The fourth-order valence-electron chi connectivity index (χ4n) is 3.06. The summed E-state index contributed by atoms with van der Waals surface area (Å²) < 4.78 is 7.83. The van der Waals surface area contributed by atoms with Gasteiger partial charge in [0, 0.05) is 18.6 Å². The Balaban J connectivity index is 1.68. The van der Waals surface area contributed by atoms with Gasteiger partial charge in [-0.3, -0.25) is 23.7 Å². The van der Waals surface area contributed by atoms with Crippen LogP contribution < -0.4 is 11.1 Å². The first kappa shape index (κ1) is 17.6. The topological polar surface area (TPSA) is 95.8 Å². The molecule has 0 spiro atoms. The zero-order valence-corrected chi connectivity index (χ0v) is 15.4. The molecule has 140 valence electrons. The van der Waals surface area contributed by atoms with Crippen molar-refractivity contribution in [1.82, 2.24) is 24.3 Å². The van der Waals surface area contributed by atoms with Crippen LogP contribution in [0, 0.1) is 13.8 Å². The van der Waals surface area contributed by atoms with Gasteiger partial charge in [-0.1, -0.05) is 29.4 Å². The van der Waals surface area contributed by atoms with Crippen molar-refractivity contribution in [3.63, 3.8) is 0 Å². The minimum absolute atomic E-state index is 0.00149. The molecule has 0 fully saturated rings. The molecule has 0 amide bonds. The van der Waals surface area contributed by atoms with Gasteiger partial charge in [-0.2, -0.15) is 4.98 Å². The van der Waals surface area contributed by atoms with Gasteiger partial charge in [-0.05, 0) is 37.1 Å². The van der Waals surface area contributed by atoms with Crippen molar-refractivity contribution >= 4 is 0 Å². The summed E-state index contributed by atoms with van der Waals surface area (Å²) in [4.78, 5) is 33.7. The van der Waals surface area contributed by atoms with Crippen molar-refractivity contribution in [1.29, 1.82) is 0 Å². The predicted octanol–water partition coefficient (Wildman–Crippen LogP) is 2.11. The highest BCUT2D eigenvalue weighted by atomic mass is 16.5. The monoisotopic (exact) mass is 375 g/mol. The number of rotatable bonds is 4. The van der Waals surface area contributed by atoms with Gasteiger partial charge in [0.25, 0.3) is 0 Å². The molecule has 0 aliphatic carbocycles. The van der Waals surface area contributed by atoms with Crippen molar-refractivity contribution in [3.05, 3.63) is 92.7 Å². The Labute approximate surface area is 159 Å². The number of aryl methyl sites for hydroxylation is 2. The van der Waals surface area contributed by atoms with Crippen molar-refractivity contribution in [3.8, 4) is 17.2 Å². The average Bonchev–Trinajstić information content (AvgIpc) is 3.16. The molecule has 28 heavy (non-hydrogen) atoms. The lowest BCUT2D eigenvalue weighted by atomic mass is 10.1. The summed E-state index contributed by atoms with van der Waals surface area (Å²) in [5.41, 5.74) is 1.81. The standard InChI is InChI=1S/C20H17N5O3/c1-13-6-5-7-14(2)17(13)25-11-10-24(19(26)20(25)27)12-16-22-18(23-28-16)15-8-3-4-9-21-15/h3-11H,12H2,1-2H3. The van der Waals surface area contributed by atoms with Crippen molar-refractivity contribution in [2.24, 2.45) is 0 Å². The van der Waals surface area contributed by atoms with Gasteiger partial charge in [0.05, 0.1) is 5.69 Å². The van der Waals surface area contributed by atoms with Gasteiger partial charge in [-0.25, -0.2) is 0 Å². The van der Waals surface area contributed by atoms with Crippen molar-refractivity contribution in [2.75, 3.05) is 0 Å². The number of pyridine rings is 1. The smallest absolute Gasteiger partial charge is 0.321 e. The molecule has 0 saturated carbocycles. The summed E-state index contributed by atoms with van der Waals surface area (Å²) in [7, 11) is 0. The highest BCUT2D eigenvalue weighted by molar-refractivity contribution is 5.47. The van der Waals surface area contributed by atoms with Crippen LogP contribution in [0.4, 0.5) is 0 Å². The van der Waals surface area contributed by atoms with Gasteiger partial charge in [0.15, 0.2) is 0 Å². The fourth-order valence-corrected chi connectivity index (χ4v) is 3.06. The van der Waals surface area contributed by atoms with E-state index in [9.17, 15) is 9.59 Å². The second-order valence-electron chi connectivity index (χ2n) is 6.37. The first-order valence-corrected chi connectivity index (χ1v) is 8.67. The molecule has 1 aromatic carbocycles. The normalized spacial score (nSPS) is 10.9. The summed E-state index contributed by atoms with van der Waals surface area (Å²) in [6.45, 7) is 3.80. The summed E-state index contributed by atoms with van der Waals surface area (Å²) in [5, 5.41) is 3.88. The number of hydrogen-bond donors (Lipinski definition) is 0. The van der Waals surface area contributed by atoms with Crippen LogP contribution in [0.2, 0.25) is 0 Å². The number of aromatic nitrogens is 5. The highest BCUT2D eigenvalue weighted by Crippen LogP contribution is 2.16. The van der Waals surface area contributed by atoms with Crippen LogP contribution in [0.15, 0.2) is 69.1 Å². The van der Waals surface area contributed by atoms with Gasteiger partial charge >= 0.3 is 11.1 Å². The van der Waals surface area contributed by atoms with Crippen LogP contribution >= 0.6 is 0 Å². The maximum absolute atomic E-state index is 12.7. The molecule has 0 atom stereocenters. The maximum atomic E-state index is 12.7. The molecule has 8 heteroatoms. The van der Waals surface area contributed by atoms with Crippen LogP contribution in [0.1, 0.15) is 17.0 Å². The third-order valence-corrected chi connectivity index (χ3v) is 4.41. The summed E-state index contributed by atoms with van der Waals surface area (Å²) in [5.74, 6) is 0.541. The molecule has 4 rings (SSSR count). The second kappa shape index (κ2) is 7.07. The van der Waals surface area contributed by atoms with E-state index in [1.807, 2.05) is 38.1 Å². The van der Waals surface area contributed by atoms with Gasteiger partial charge < -0.3 is 4.52 Å². The lowest BCUT2D eigenvalue weighted by molar-refractivity contribution is 0.369. The molecule has 3 heterocycles. The van der Waals surface area contributed by atoms with E-state index in [0.29, 0.717) is 17.2 Å². The summed E-state index contributed by atoms with van der Waals surface area (Å²) in [6, 6.07) is 11.1. The molecule has 4 aromatic rings. The molecule has 0 N–H and O–H groups in total. The quantitative estimate of drug-likeness (QED) is 0.507. The number of hydrogen-bond acceptors (Lipinski definition) is 6. The van der Waals surface area contributed by atoms with Crippen LogP contribution in [-0.2, 0) is 6.54 Å². The molecule has 0 bridgehead atoms. The van der Waals surface area contributed by atoms with E-state index in [2.05, 4.69) is 15.1 Å². The van der Waals surface area contributed by atoms with Crippen LogP contribution in [0.25, 0.3) is 17.2 Å². The SMILES string of the molecule is Cc1cccc(C)c1-n1ccn(Cc2nc(-c3ccccn3)no2)c(=O)c1=O. The predicted molar refractivity (Wildman–Crippen MR) is 102 cm³/mol. The first-order valence-electron chi connectivity index (χ1n) is 8.67. The zero-order chi connectivity index (χ0) is 19.7. The molecule has 0 saturated heterocycles. The highest BCUT2D eigenvalue weighted by Gasteiger charge is 2.14. The van der Waals surface area contributed by atoms with E-state index >= 15 is 0 Å². The minimum atomic E-state index is -0.664. The molecule has 3 aromatic heterocycles. The molecule has 0 aliphatic rings. The van der Waals surface area contributed by atoms with E-state index < -0.39 is 11.1 Å². The minimum Gasteiger partial charge on any atom is -0.337 e. The Hall–Kier alpha value is -3.81. The van der Waals surface area contributed by atoms with Crippen LogP contribution in [0.5, 0.6) is 0 Å². The fraction of sp³-hybridized carbons (Fsp3) is 0.150. The largest absolute Gasteiger partial charge is 0.337 e. The van der Waals surface area contributed by atoms with E-state index in [4.69, 9.17) is 4.52 Å². The van der Waals surface area contributed by atoms with Gasteiger partial charge in [0.2, 0.25) is 11.7 Å². The third-order valence-electron chi connectivity index (χ3n) is 4.41. The Morgan fingerprint density at radius 1 is 0.964 bits per heavy atom. The number of para-hydroxylation sites is 1. The maximum Gasteiger partial charge on any atom is 0.321 e. The van der Waals surface area contributed by atoms with E-state index in [1.165, 1.54) is 9.13 Å². The third kappa shape index (κ3) is 3.16. The second-order valence-corrected chi connectivity index (χ2v) is 6.37. The van der Waals surface area contributed by atoms with Crippen molar-refractivity contribution in [2.45, 2.75) is 20.4 Å². The van der Waals surface area contributed by atoms with Gasteiger partial charge in [-0.15, -0.1) is 0 Å². The Morgan fingerprint density at radius 2 is 1.75 bits per heavy atom. The first-order chi connectivity index (χ1) is 13.5. The number of benzene rings is 1. The average molecular weight is 375 g/mol. The lowest BCUT2D eigenvalue weighted by Gasteiger charge is -2.12. The van der Waals surface area contributed by atoms with Crippen molar-refractivity contribution < 1.29 is 4.52 Å². The lowest BCUT2D eigenvalue weighted by Crippen LogP contribution is -2.40. The summed E-state index contributed by atoms with van der Waals surface area (Å²) in [6.07, 6.45) is 4.75. The van der Waals surface area contributed by atoms with E-state index in [-0.39, 0.29) is 12.4 Å². The van der Waals surface area contributed by atoms with Gasteiger partial charge in [0.1, 0.15) is 12.2 Å². The van der Waals surface area contributed by atoms with Crippen LogP contribution in [0.3, 0.4) is 0 Å². The van der Waals surface area contributed by atoms with Crippen LogP contribution in [-0.4, -0.2) is 24.3 Å². The zero-order valence-electron chi connectivity index (χ0n) is 15.4. The Bertz CT molecular complexity index is 1230. The Morgan fingerprint density at radius 3 is 2.46 bits per heavy atom.